The zero-order chi connectivity index (χ0) is 14.7. The van der Waals surface area contributed by atoms with Gasteiger partial charge >= 0.3 is 0 Å². The van der Waals surface area contributed by atoms with Crippen LogP contribution in [0.5, 0.6) is 0 Å². The number of hydrogen-bond donors (Lipinski definition) is 0. The van der Waals surface area contributed by atoms with E-state index in [0.717, 1.165) is 17.8 Å². The molecule has 1 atom stereocenters. The molecule has 2 heterocycles. The second-order valence-corrected chi connectivity index (χ2v) is 5.09. The molecule has 0 radical (unpaired) electrons. The number of carbonyl (C=O) groups excluding carboxylic acids is 1. The van der Waals surface area contributed by atoms with E-state index >= 15 is 0 Å². The lowest BCUT2D eigenvalue weighted by Crippen LogP contribution is -2.34. The molecule has 20 heavy (non-hydrogen) atoms. The van der Waals surface area contributed by atoms with Crippen molar-refractivity contribution in [2.45, 2.75) is 26.3 Å². The smallest absolute Gasteiger partial charge is 0.245 e. The van der Waals surface area contributed by atoms with Gasteiger partial charge in [-0.05, 0) is 25.8 Å². The summed E-state index contributed by atoms with van der Waals surface area (Å²) in [6, 6.07) is -0.226. The second kappa shape index (κ2) is 5.90. The van der Waals surface area contributed by atoms with Crippen molar-refractivity contribution >= 4 is 5.91 Å². The van der Waals surface area contributed by atoms with Crippen molar-refractivity contribution in [3.05, 3.63) is 36.2 Å². The van der Waals surface area contributed by atoms with Gasteiger partial charge in [-0.25, -0.2) is 4.98 Å². The quantitative estimate of drug-likeness (QED) is 0.823. The van der Waals surface area contributed by atoms with E-state index in [1.54, 1.807) is 15.8 Å². The molecule has 1 amide bonds. The fourth-order valence-corrected chi connectivity index (χ4v) is 2.24. The van der Waals surface area contributed by atoms with Crippen LogP contribution in [-0.2, 0) is 18.3 Å². The van der Waals surface area contributed by atoms with E-state index in [0.29, 0.717) is 6.54 Å². The molecule has 0 N–H and O–H groups in total. The first-order chi connectivity index (χ1) is 9.49. The maximum Gasteiger partial charge on any atom is 0.245 e. The molecule has 6 heteroatoms. The van der Waals surface area contributed by atoms with Crippen molar-refractivity contribution < 1.29 is 4.79 Å². The van der Waals surface area contributed by atoms with Crippen molar-refractivity contribution in [3.63, 3.8) is 0 Å². The van der Waals surface area contributed by atoms with Gasteiger partial charge in [0.1, 0.15) is 11.9 Å². The zero-order valence-electron chi connectivity index (χ0n) is 12.4. The Morgan fingerprint density at radius 1 is 1.50 bits per heavy atom. The molecule has 0 aliphatic rings. The maximum absolute atomic E-state index is 12.4. The summed E-state index contributed by atoms with van der Waals surface area (Å²) in [6.07, 6.45) is 8.18. The molecule has 0 unspecified atom stereocenters. The van der Waals surface area contributed by atoms with Gasteiger partial charge < -0.3 is 9.47 Å². The molecule has 108 valence electrons. The number of imidazole rings is 1. The highest BCUT2D eigenvalue weighted by Gasteiger charge is 2.19. The summed E-state index contributed by atoms with van der Waals surface area (Å²) in [7, 11) is 3.73. The number of aromatic nitrogens is 4. The predicted molar refractivity (Wildman–Crippen MR) is 76.2 cm³/mol. The monoisotopic (exact) mass is 275 g/mol. The number of carbonyl (C=O) groups is 1. The predicted octanol–water partition coefficient (Wildman–Crippen LogP) is 1.19. The number of rotatable bonds is 5. The largest absolute Gasteiger partial charge is 0.344 e. The minimum absolute atomic E-state index is 0.0926. The second-order valence-electron chi connectivity index (χ2n) is 5.09. The topological polar surface area (TPSA) is 56.0 Å². The highest BCUT2D eigenvalue weighted by atomic mass is 16.2. The minimum Gasteiger partial charge on any atom is -0.344 e. The summed E-state index contributed by atoms with van der Waals surface area (Å²) < 4.78 is 3.66. The Labute approximate surface area is 119 Å². The van der Waals surface area contributed by atoms with Gasteiger partial charge in [0.15, 0.2) is 0 Å². The van der Waals surface area contributed by atoms with Crippen LogP contribution in [-0.4, -0.2) is 43.7 Å². The molecule has 0 aliphatic carbocycles. The molecule has 0 fully saturated rings. The van der Waals surface area contributed by atoms with Crippen LogP contribution in [0.15, 0.2) is 24.8 Å². The molecular weight excluding hydrogens is 254 g/mol. The lowest BCUT2D eigenvalue weighted by molar-refractivity contribution is -0.133. The van der Waals surface area contributed by atoms with Gasteiger partial charge in [-0.15, -0.1) is 0 Å². The van der Waals surface area contributed by atoms with Crippen molar-refractivity contribution in [2.75, 3.05) is 13.6 Å². The SMILES string of the molecule is Cc1nccn1[C@H](C)C(=O)N(C)CCc1cnn(C)c1. The van der Waals surface area contributed by atoms with E-state index < -0.39 is 0 Å². The van der Waals surface area contributed by atoms with Crippen LogP contribution >= 0.6 is 0 Å². The summed E-state index contributed by atoms with van der Waals surface area (Å²) >= 11 is 0. The Hall–Kier alpha value is -2.11. The van der Waals surface area contributed by atoms with E-state index in [9.17, 15) is 4.79 Å². The van der Waals surface area contributed by atoms with Crippen molar-refractivity contribution in [1.29, 1.82) is 0 Å². The minimum atomic E-state index is -0.226. The molecule has 0 aliphatic heterocycles. The Kier molecular flexibility index (Phi) is 4.22. The van der Waals surface area contributed by atoms with Crippen LogP contribution in [0.1, 0.15) is 24.4 Å². The fraction of sp³-hybridized carbons (Fsp3) is 0.500. The first-order valence-electron chi connectivity index (χ1n) is 6.71. The Balaban J connectivity index is 1.93. The van der Waals surface area contributed by atoms with Crippen molar-refractivity contribution in [2.24, 2.45) is 7.05 Å². The lowest BCUT2D eigenvalue weighted by atomic mass is 10.2. The molecule has 0 aromatic carbocycles. The summed E-state index contributed by atoms with van der Waals surface area (Å²) in [5, 5.41) is 4.13. The van der Waals surface area contributed by atoms with Crippen LogP contribution in [0.25, 0.3) is 0 Å². The first-order valence-corrected chi connectivity index (χ1v) is 6.71. The highest BCUT2D eigenvalue weighted by Crippen LogP contribution is 2.12. The number of aryl methyl sites for hydroxylation is 2. The van der Waals surface area contributed by atoms with Gasteiger partial charge in [0.05, 0.1) is 6.20 Å². The Morgan fingerprint density at radius 3 is 2.80 bits per heavy atom. The molecule has 0 bridgehead atoms. The van der Waals surface area contributed by atoms with Crippen LogP contribution in [0.4, 0.5) is 0 Å². The van der Waals surface area contributed by atoms with Crippen molar-refractivity contribution in [3.8, 4) is 0 Å². The van der Waals surface area contributed by atoms with Crippen LogP contribution in [0, 0.1) is 6.92 Å². The van der Waals surface area contributed by atoms with Crippen LogP contribution < -0.4 is 0 Å². The number of hydrogen-bond acceptors (Lipinski definition) is 3. The summed E-state index contributed by atoms with van der Waals surface area (Å²) in [5.74, 6) is 0.946. The Bertz CT molecular complexity index is 586. The first kappa shape index (κ1) is 14.3. The number of likely N-dealkylation sites (N-methyl/N-ethyl adjacent to an activating group) is 1. The van der Waals surface area contributed by atoms with Gasteiger partial charge in [-0.1, -0.05) is 0 Å². The lowest BCUT2D eigenvalue weighted by Gasteiger charge is -2.22. The molecule has 0 saturated carbocycles. The van der Waals surface area contributed by atoms with Gasteiger partial charge in [0.2, 0.25) is 5.91 Å². The number of amides is 1. The molecule has 0 spiro atoms. The standard InChI is InChI=1S/C14H21N5O/c1-11(19-8-6-15-12(19)2)14(20)17(3)7-5-13-9-16-18(4)10-13/h6,8-11H,5,7H2,1-4H3/t11-/m1/s1. The van der Waals surface area contributed by atoms with Crippen LogP contribution in [0.2, 0.25) is 0 Å². The van der Waals surface area contributed by atoms with E-state index in [1.165, 1.54) is 0 Å². The Morgan fingerprint density at radius 2 is 2.25 bits per heavy atom. The van der Waals surface area contributed by atoms with Gasteiger partial charge in [-0.2, -0.15) is 5.10 Å². The number of nitrogens with zero attached hydrogens (tertiary/aromatic N) is 5. The van der Waals surface area contributed by atoms with E-state index in [-0.39, 0.29) is 11.9 Å². The van der Waals surface area contributed by atoms with Gasteiger partial charge in [0, 0.05) is 39.2 Å². The maximum atomic E-state index is 12.4. The zero-order valence-corrected chi connectivity index (χ0v) is 12.4. The summed E-state index contributed by atoms with van der Waals surface area (Å²) in [6.45, 7) is 4.49. The third-order valence-corrected chi connectivity index (χ3v) is 3.51. The highest BCUT2D eigenvalue weighted by molar-refractivity contribution is 5.79. The average molecular weight is 275 g/mol. The van der Waals surface area contributed by atoms with Crippen LogP contribution in [0.3, 0.4) is 0 Å². The molecule has 0 saturated heterocycles. The van der Waals surface area contributed by atoms with Gasteiger partial charge in [0.25, 0.3) is 0 Å². The molecule has 6 nitrogen and oxygen atoms in total. The summed E-state index contributed by atoms with van der Waals surface area (Å²) in [4.78, 5) is 18.3. The van der Waals surface area contributed by atoms with E-state index in [4.69, 9.17) is 0 Å². The average Bonchev–Trinajstić information content (AvgIpc) is 3.03. The molecular formula is C14H21N5O. The summed E-state index contributed by atoms with van der Waals surface area (Å²) in [5.41, 5.74) is 1.14. The molecule has 2 rings (SSSR count). The van der Waals surface area contributed by atoms with E-state index in [1.807, 2.05) is 51.1 Å². The molecule has 2 aromatic heterocycles. The van der Waals surface area contributed by atoms with E-state index in [2.05, 4.69) is 10.1 Å². The van der Waals surface area contributed by atoms with Crippen molar-refractivity contribution in [1.82, 2.24) is 24.2 Å². The third kappa shape index (κ3) is 3.07. The molecule has 2 aromatic rings. The normalized spacial score (nSPS) is 12.4. The third-order valence-electron chi connectivity index (χ3n) is 3.51. The van der Waals surface area contributed by atoms with Gasteiger partial charge in [-0.3, -0.25) is 9.48 Å². The fourth-order valence-electron chi connectivity index (χ4n) is 2.24.